The Bertz CT molecular complexity index is 929. The molecule has 0 aliphatic carbocycles. The van der Waals surface area contributed by atoms with E-state index in [2.05, 4.69) is 0 Å². The number of hydrogen-bond acceptors (Lipinski definition) is 7. The number of rotatable bonds is 9. The van der Waals surface area contributed by atoms with Crippen molar-refractivity contribution in [1.82, 2.24) is 4.90 Å². The molecule has 2 aromatic rings. The Labute approximate surface area is 179 Å². The van der Waals surface area contributed by atoms with Crippen LogP contribution in [0.2, 0.25) is 0 Å². The molecule has 0 saturated carbocycles. The summed E-state index contributed by atoms with van der Waals surface area (Å²) in [5.74, 6) is -1.92. The second kappa shape index (κ2) is 10.4. The first-order valence-electron chi connectivity index (χ1n) is 9.38. The number of nitrogens with two attached hydrogens (primary N) is 1. The van der Waals surface area contributed by atoms with Crippen LogP contribution in [0.3, 0.4) is 0 Å². The summed E-state index contributed by atoms with van der Waals surface area (Å²) >= 11 is 0. The molecule has 0 radical (unpaired) electrons. The van der Waals surface area contributed by atoms with Crippen molar-refractivity contribution < 1.29 is 33.8 Å². The van der Waals surface area contributed by atoms with Gasteiger partial charge in [0.15, 0.2) is 6.29 Å². The average Bonchev–Trinajstić information content (AvgIpc) is 2.77. The maximum atomic E-state index is 13.0. The number of imide groups is 1. The smallest absolute Gasteiger partial charge is 0.418 e. The largest absolute Gasteiger partial charge is 0.497 e. The highest BCUT2D eigenvalue weighted by molar-refractivity contribution is 6.00. The number of amides is 2. The van der Waals surface area contributed by atoms with Crippen molar-refractivity contribution in [2.24, 2.45) is 5.73 Å². The maximum absolute atomic E-state index is 13.0. The molecule has 0 aliphatic heterocycles. The number of nitrogens with zero attached hydrogens (tertiary/aromatic N) is 1. The van der Waals surface area contributed by atoms with E-state index in [1.165, 1.54) is 38.3 Å². The molecule has 0 saturated heterocycles. The van der Waals surface area contributed by atoms with E-state index in [-0.39, 0.29) is 18.5 Å². The predicted molar refractivity (Wildman–Crippen MR) is 110 cm³/mol. The van der Waals surface area contributed by atoms with E-state index in [0.29, 0.717) is 16.2 Å². The number of carbonyl (C=O) groups is 4. The van der Waals surface area contributed by atoms with Gasteiger partial charge in [0.05, 0.1) is 19.6 Å². The number of benzene rings is 2. The lowest BCUT2D eigenvalue weighted by molar-refractivity contribution is -0.148. The van der Waals surface area contributed by atoms with E-state index in [1.54, 1.807) is 30.3 Å². The van der Waals surface area contributed by atoms with Crippen molar-refractivity contribution in [2.45, 2.75) is 31.5 Å². The fourth-order valence-electron chi connectivity index (χ4n) is 3.02. The van der Waals surface area contributed by atoms with Gasteiger partial charge in [0.25, 0.3) is 0 Å². The van der Waals surface area contributed by atoms with Crippen LogP contribution in [0.4, 0.5) is 4.79 Å². The third kappa shape index (κ3) is 5.46. The van der Waals surface area contributed by atoms with Crippen LogP contribution < -0.4 is 10.5 Å². The average molecular weight is 428 g/mol. The van der Waals surface area contributed by atoms with Gasteiger partial charge in [-0.25, -0.2) is 9.69 Å². The summed E-state index contributed by atoms with van der Waals surface area (Å²) in [6.45, 7) is 1.14. The Morgan fingerprint density at radius 3 is 2.23 bits per heavy atom. The van der Waals surface area contributed by atoms with Crippen LogP contribution in [-0.4, -0.2) is 47.4 Å². The highest BCUT2D eigenvalue weighted by atomic mass is 16.6. The fraction of sp³-hybridized carbons (Fsp3) is 0.273. The Morgan fingerprint density at radius 1 is 1.13 bits per heavy atom. The van der Waals surface area contributed by atoms with Crippen LogP contribution in [-0.2, 0) is 31.3 Å². The molecule has 3 N–H and O–H groups in total. The molecule has 0 unspecified atom stereocenters. The SMILES string of the molecule is COc1ccc([C@@](C=O)(CC(=O)O)N(C(=O)OCc2ccccc2)C(=O)[C@H](C)N)cc1. The van der Waals surface area contributed by atoms with Crippen LogP contribution in [0.15, 0.2) is 54.6 Å². The lowest BCUT2D eigenvalue weighted by Gasteiger charge is -2.38. The van der Waals surface area contributed by atoms with Gasteiger partial charge in [-0.1, -0.05) is 42.5 Å². The summed E-state index contributed by atoms with van der Waals surface area (Å²) in [4.78, 5) is 50.4. The van der Waals surface area contributed by atoms with E-state index in [4.69, 9.17) is 15.2 Å². The van der Waals surface area contributed by atoms with Gasteiger partial charge in [-0.05, 0) is 30.2 Å². The highest BCUT2D eigenvalue weighted by Crippen LogP contribution is 2.33. The topological polar surface area (TPSA) is 136 Å². The third-order valence-electron chi connectivity index (χ3n) is 4.60. The van der Waals surface area contributed by atoms with Crippen molar-refractivity contribution in [1.29, 1.82) is 0 Å². The van der Waals surface area contributed by atoms with Gasteiger partial charge in [-0.15, -0.1) is 0 Å². The van der Waals surface area contributed by atoms with Crippen LogP contribution in [0, 0.1) is 0 Å². The summed E-state index contributed by atoms with van der Waals surface area (Å²) in [5, 5.41) is 9.50. The third-order valence-corrected chi connectivity index (χ3v) is 4.60. The van der Waals surface area contributed by atoms with Gasteiger partial charge in [0, 0.05) is 0 Å². The van der Waals surface area contributed by atoms with E-state index >= 15 is 0 Å². The second-order valence-corrected chi connectivity index (χ2v) is 6.84. The molecule has 0 heterocycles. The first-order valence-corrected chi connectivity index (χ1v) is 9.38. The van der Waals surface area contributed by atoms with Gasteiger partial charge in [-0.2, -0.15) is 0 Å². The molecule has 2 aromatic carbocycles. The predicted octanol–water partition coefficient (Wildman–Crippen LogP) is 2.08. The monoisotopic (exact) mass is 428 g/mol. The second-order valence-electron chi connectivity index (χ2n) is 6.84. The number of aldehydes is 1. The van der Waals surface area contributed by atoms with E-state index in [0.717, 1.165) is 0 Å². The number of carboxylic acids is 1. The molecular weight excluding hydrogens is 404 g/mol. The Kier molecular flexibility index (Phi) is 7.87. The van der Waals surface area contributed by atoms with Crippen LogP contribution >= 0.6 is 0 Å². The normalized spacial score (nSPS) is 13.4. The Balaban J connectivity index is 2.54. The zero-order valence-electron chi connectivity index (χ0n) is 17.2. The number of carboxylic acid groups (broad SMARTS) is 1. The van der Waals surface area contributed by atoms with Crippen LogP contribution in [0.1, 0.15) is 24.5 Å². The molecule has 0 spiro atoms. The molecule has 9 heteroatoms. The quantitative estimate of drug-likeness (QED) is 0.579. The molecule has 2 rings (SSSR count). The number of hydrogen-bond donors (Lipinski definition) is 2. The molecule has 0 bridgehead atoms. The number of carbonyl (C=O) groups excluding carboxylic acids is 3. The summed E-state index contributed by atoms with van der Waals surface area (Å²) in [6.07, 6.45) is -1.82. The van der Waals surface area contributed by atoms with Crippen LogP contribution in [0.5, 0.6) is 5.75 Å². The maximum Gasteiger partial charge on any atom is 0.418 e. The summed E-state index contributed by atoms with van der Waals surface area (Å²) < 4.78 is 10.3. The van der Waals surface area contributed by atoms with Gasteiger partial charge < -0.3 is 25.1 Å². The molecule has 0 fully saturated rings. The molecule has 9 nitrogen and oxygen atoms in total. The summed E-state index contributed by atoms with van der Waals surface area (Å²) in [6, 6.07) is 13.3. The lowest BCUT2D eigenvalue weighted by atomic mass is 9.85. The van der Waals surface area contributed by atoms with Gasteiger partial charge in [0.2, 0.25) is 5.91 Å². The first kappa shape index (κ1) is 23.6. The fourth-order valence-corrected chi connectivity index (χ4v) is 3.02. The molecule has 164 valence electrons. The van der Waals surface area contributed by atoms with Crippen LogP contribution in [0.25, 0.3) is 0 Å². The van der Waals surface area contributed by atoms with Crippen molar-refractivity contribution in [3.63, 3.8) is 0 Å². The molecule has 0 aliphatic rings. The molecule has 0 aromatic heterocycles. The summed E-state index contributed by atoms with van der Waals surface area (Å²) in [5.41, 5.74) is 4.27. The standard InChI is InChI=1S/C22H24N2O7/c1-15(23)20(28)24(21(29)31-13-16-6-4-3-5-7-16)22(14-25,12-19(26)27)17-8-10-18(30-2)11-9-17/h3-11,14-15H,12-13,23H2,1-2H3,(H,26,27)/t15-,22-/m0/s1. The minimum atomic E-state index is -2.17. The molecular formula is C22H24N2O7. The number of ether oxygens (including phenoxy) is 2. The zero-order valence-corrected chi connectivity index (χ0v) is 17.2. The van der Waals surface area contributed by atoms with E-state index in [9.17, 15) is 24.3 Å². The molecule has 31 heavy (non-hydrogen) atoms. The minimum Gasteiger partial charge on any atom is -0.497 e. The molecule has 2 amide bonds. The summed E-state index contributed by atoms with van der Waals surface area (Å²) in [7, 11) is 1.44. The van der Waals surface area contributed by atoms with Crippen molar-refractivity contribution >= 4 is 24.3 Å². The van der Waals surface area contributed by atoms with Crippen molar-refractivity contribution in [2.75, 3.05) is 7.11 Å². The van der Waals surface area contributed by atoms with Crippen molar-refractivity contribution in [3.8, 4) is 5.75 Å². The Morgan fingerprint density at radius 2 is 1.74 bits per heavy atom. The van der Waals surface area contributed by atoms with Gasteiger partial charge >= 0.3 is 12.1 Å². The highest BCUT2D eigenvalue weighted by Gasteiger charge is 2.48. The minimum absolute atomic E-state index is 0.0939. The van der Waals surface area contributed by atoms with E-state index < -0.39 is 36.0 Å². The first-order chi connectivity index (χ1) is 14.7. The van der Waals surface area contributed by atoms with Crippen molar-refractivity contribution in [3.05, 3.63) is 65.7 Å². The zero-order chi connectivity index (χ0) is 23.0. The van der Waals surface area contributed by atoms with Gasteiger partial charge in [0.1, 0.15) is 17.9 Å². The van der Waals surface area contributed by atoms with E-state index in [1.807, 2.05) is 0 Å². The number of aliphatic carboxylic acids is 1. The lowest BCUT2D eigenvalue weighted by Crippen LogP contribution is -2.58. The van der Waals surface area contributed by atoms with Gasteiger partial charge in [-0.3, -0.25) is 9.59 Å². The molecule has 2 atom stereocenters. The Hall–Kier alpha value is -3.72. The number of methoxy groups -OCH3 is 1.